The number of rotatable bonds is 0. The van der Waals surface area contributed by atoms with E-state index in [0.29, 0.717) is 0 Å². The number of nitriles is 2. The Bertz CT molecular complexity index is 412. The van der Waals surface area contributed by atoms with Gasteiger partial charge in [-0.25, -0.2) is 8.78 Å². The van der Waals surface area contributed by atoms with Gasteiger partial charge in [0.15, 0.2) is 11.6 Å². The summed E-state index contributed by atoms with van der Waals surface area (Å²) >= 11 is 5.78. The predicted octanol–water partition coefficient (Wildman–Crippen LogP) is 3.23. The van der Waals surface area contributed by atoms with E-state index >= 15 is 0 Å². The molecular formula is C8Br2F2N2. The van der Waals surface area contributed by atoms with E-state index in [1.807, 2.05) is 0 Å². The highest BCUT2D eigenvalue weighted by molar-refractivity contribution is 9.13. The van der Waals surface area contributed by atoms with Gasteiger partial charge in [-0.2, -0.15) is 10.5 Å². The van der Waals surface area contributed by atoms with Crippen LogP contribution in [0.25, 0.3) is 0 Å². The third kappa shape index (κ3) is 1.52. The van der Waals surface area contributed by atoms with Crippen molar-refractivity contribution in [1.29, 1.82) is 10.5 Å². The van der Waals surface area contributed by atoms with Gasteiger partial charge >= 0.3 is 0 Å². The monoisotopic (exact) mass is 320 g/mol. The average molecular weight is 322 g/mol. The molecule has 0 N–H and O–H groups in total. The summed E-state index contributed by atoms with van der Waals surface area (Å²) in [4.78, 5) is 0. The molecule has 0 aliphatic carbocycles. The van der Waals surface area contributed by atoms with Crippen LogP contribution in [0.5, 0.6) is 0 Å². The summed E-state index contributed by atoms with van der Waals surface area (Å²) in [6, 6.07) is 2.99. The first kappa shape index (κ1) is 11.1. The SMILES string of the molecule is N#Cc1c(F)c(F)c(C#N)c(Br)c1Br. The number of benzene rings is 1. The molecule has 1 aromatic carbocycles. The van der Waals surface area contributed by atoms with E-state index in [2.05, 4.69) is 31.9 Å². The third-order valence-corrected chi connectivity index (χ3v) is 3.61. The van der Waals surface area contributed by atoms with Crippen LogP contribution in [0.2, 0.25) is 0 Å². The van der Waals surface area contributed by atoms with E-state index < -0.39 is 22.8 Å². The Kier molecular flexibility index (Phi) is 3.20. The summed E-state index contributed by atoms with van der Waals surface area (Å²) in [5.41, 5.74) is -0.929. The summed E-state index contributed by atoms with van der Waals surface area (Å²) in [6.07, 6.45) is 0. The lowest BCUT2D eigenvalue weighted by Gasteiger charge is -2.04. The smallest absolute Gasteiger partial charge is 0.179 e. The van der Waals surface area contributed by atoms with Crippen LogP contribution >= 0.6 is 31.9 Å². The van der Waals surface area contributed by atoms with Gasteiger partial charge in [0.05, 0.1) is 8.95 Å². The molecule has 0 amide bonds. The molecule has 0 saturated heterocycles. The van der Waals surface area contributed by atoms with Crippen molar-refractivity contribution in [1.82, 2.24) is 0 Å². The molecular weight excluding hydrogens is 322 g/mol. The first-order valence-corrected chi connectivity index (χ1v) is 4.79. The van der Waals surface area contributed by atoms with Crippen molar-refractivity contribution < 1.29 is 8.78 Å². The first-order valence-electron chi connectivity index (χ1n) is 3.20. The molecule has 0 atom stereocenters. The van der Waals surface area contributed by atoms with Crippen molar-refractivity contribution in [3.8, 4) is 12.1 Å². The van der Waals surface area contributed by atoms with Gasteiger partial charge in [-0.1, -0.05) is 0 Å². The number of halogens is 4. The van der Waals surface area contributed by atoms with E-state index in [1.165, 1.54) is 12.1 Å². The maximum Gasteiger partial charge on any atom is 0.179 e. The molecule has 1 aromatic rings. The van der Waals surface area contributed by atoms with E-state index in [1.54, 1.807) is 0 Å². The summed E-state index contributed by atoms with van der Waals surface area (Å²) in [5, 5.41) is 17.0. The van der Waals surface area contributed by atoms with Gasteiger partial charge in [0.25, 0.3) is 0 Å². The average Bonchev–Trinajstić information content (AvgIpc) is 2.17. The molecule has 2 nitrogen and oxygen atoms in total. The largest absolute Gasteiger partial charge is 0.202 e. The standard InChI is InChI=1S/C8Br2F2N2/c9-5-3(1-13)7(11)8(12)4(2-14)6(5)10. The van der Waals surface area contributed by atoms with Crippen LogP contribution < -0.4 is 0 Å². The van der Waals surface area contributed by atoms with Crippen LogP contribution in [0.15, 0.2) is 8.95 Å². The molecule has 0 fully saturated rings. The molecule has 0 heterocycles. The minimum Gasteiger partial charge on any atom is -0.202 e. The van der Waals surface area contributed by atoms with Gasteiger partial charge in [0, 0.05) is 0 Å². The Balaban J connectivity index is 3.77. The van der Waals surface area contributed by atoms with Crippen LogP contribution in [0.3, 0.4) is 0 Å². The summed E-state index contributed by atoms with van der Waals surface area (Å²) in [6.45, 7) is 0. The highest BCUT2D eigenvalue weighted by Crippen LogP contribution is 2.33. The maximum atomic E-state index is 13.1. The minimum atomic E-state index is -1.32. The normalized spacial score (nSPS) is 9.29. The molecule has 0 aliphatic heterocycles. The second-order valence-electron chi connectivity index (χ2n) is 2.23. The lowest BCUT2D eigenvalue weighted by molar-refractivity contribution is 0.502. The number of nitrogens with zero attached hydrogens (tertiary/aromatic N) is 2. The van der Waals surface area contributed by atoms with Crippen LogP contribution in [0.1, 0.15) is 11.1 Å². The topological polar surface area (TPSA) is 47.6 Å². The summed E-state index contributed by atoms with van der Waals surface area (Å²) in [7, 11) is 0. The molecule has 0 saturated carbocycles. The maximum absolute atomic E-state index is 13.1. The highest BCUT2D eigenvalue weighted by atomic mass is 79.9. The van der Waals surface area contributed by atoms with Crippen LogP contribution in [-0.2, 0) is 0 Å². The van der Waals surface area contributed by atoms with Gasteiger partial charge in [0.2, 0.25) is 0 Å². The number of hydrogen-bond donors (Lipinski definition) is 0. The zero-order valence-electron chi connectivity index (χ0n) is 6.41. The Hall–Kier alpha value is -0.980. The van der Waals surface area contributed by atoms with Crippen molar-refractivity contribution >= 4 is 31.9 Å². The van der Waals surface area contributed by atoms with Crippen molar-refractivity contribution in [2.75, 3.05) is 0 Å². The van der Waals surface area contributed by atoms with Crippen molar-refractivity contribution in [2.45, 2.75) is 0 Å². The molecule has 70 valence electrons. The molecule has 0 unspecified atom stereocenters. The summed E-state index contributed by atoms with van der Waals surface area (Å²) < 4.78 is 26.3. The zero-order valence-corrected chi connectivity index (χ0v) is 9.58. The van der Waals surface area contributed by atoms with Crippen LogP contribution in [0, 0.1) is 34.3 Å². The molecule has 0 radical (unpaired) electrons. The molecule has 14 heavy (non-hydrogen) atoms. The quantitative estimate of drug-likeness (QED) is 0.689. The van der Waals surface area contributed by atoms with E-state index in [0.717, 1.165) is 0 Å². The Morgan fingerprint density at radius 3 is 1.36 bits per heavy atom. The predicted molar refractivity (Wildman–Crippen MR) is 51.2 cm³/mol. The molecule has 0 spiro atoms. The molecule has 0 aliphatic rings. The first-order chi connectivity index (χ1) is 6.54. The fourth-order valence-electron chi connectivity index (χ4n) is 0.828. The minimum absolute atomic E-state index is 0.0375. The highest BCUT2D eigenvalue weighted by Gasteiger charge is 2.21. The molecule has 1 rings (SSSR count). The van der Waals surface area contributed by atoms with E-state index in [4.69, 9.17) is 10.5 Å². The van der Waals surface area contributed by atoms with Crippen molar-refractivity contribution in [2.24, 2.45) is 0 Å². The van der Waals surface area contributed by atoms with Crippen LogP contribution in [-0.4, -0.2) is 0 Å². The second-order valence-corrected chi connectivity index (χ2v) is 3.82. The van der Waals surface area contributed by atoms with Gasteiger partial charge in [0.1, 0.15) is 23.3 Å². The molecule has 6 heteroatoms. The number of hydrogen-bond acceptors (Lipinski definition) is 2. The lowest BCUT2D eigenvalue weighted by Crippen LogP contribution is -1.98. The third-order valence-electron chi connectivity index (χ3n) is 1.49. The van der Waals surface area contributed by atoms with E-state index in [-0.39, 0.29) is 8.95 Å². The lowest BCUT2D eigenvalue weighted by atomic mass is 10.1. The van der Waals surface area contributed by atoms with Gasteiger partial charge in [-0.15, -0.1) is 0 Å². The zero-order chi connectivity index (χ0) is 10.9. The van der Waals surface area contributed by atoms with Crippen molar-refractivity contribution in [3.63, 3.8) is 0 Å². The Morgan fingerprint density at radius 2 is 1.14 bits per heavy atom. The molecule has 0 aromatic heterocycles. The second kappa shape index (κ2) is 4.04. The summed E-state index contributed by atoms with van der Waals surface area (Å²) in [5.74, 6) is -2.64. The Labute approximate surface area is 95.0 Å². The van der Waals surface area contributed by atoms with Gasteiger partial charge < -0.3 is 0 Å². The van der Waals surface area contributed by atoms with Gasteiger partial charge in [-0.3, -0.25) is 0 Å². The molecule has 0 bridgehead atoms. The fraction of sp³-hybridized carbons (Fsp3) is 0. The van der Waals surface area contributed by atoms with Crippen LogP contribution in [0.4, 0.5) is 8.78 Å². The van der Waals surface area contributed by atoms with E-state index in [9.17, 15) is 8.78 Å². The fourth-order valence-corrected chi connectivity index (χ4v) is 1.75. The van der Waals surface area contributed by atoms with Gasteiger partial charge in [-0.05, 0) is 31.9 Å². The van der Waals surface area contributed by atoms with Crippen molar-refractivity contribution in [3.05, 3.63) is 31.7 Å². The Morgan fingerprint density at radius 1 is 0.857 bits per heavy atom.